The molecule has 29 heavy (non-hydrogen) atoms. The van der Waals surface area contributed by atoms with Crippen LogP contribution >= 0.6 is 0 Å². The Balaban J connectivity index is 1.56. The first-order chi connectivity index (χ1) is 14.2. The molecule has 9 nitrogen and oxygen atoms in total. The van der Waals surface area contributed by atoms with E-state index in [2.05, 4.69) is 26.9 Å². The van der Waals surface area contributed by atoms with Gasteiger partial charge in [0.2, 0.25) is 5.88 Å². The fourth-order valence-electron chi connectivity index (χ4n) is 3.60. The van der Waals surface area contributed by atoms with Crippen molar-refractivity contribution in [3.05, 3.63) is 36.7 Å². The average molecular weight is 394 g/mol. The zero-order valence-corrected chi connectivity index (χ0v) is 16.1. The van der Waals surface area contributed by atoms with Crippen molar-refractivity contribution in [1.29, 1.82) is 0 Å². The molecule has 1 atom stereocenters. The average Bonchev–Trinajstić information content (AvgIpc) is 3.35. The van der Waals surface area contributed by atoms with Gasteiger partial charge in [0.15, 0.2) is 11.4 Å². The number of hydrogen-bond acceptors (Lipinski definition) is 8. The second kappa shape index (κ2) is 7.34. The third-order valence-electron chi connectivity index (χ3n) is 4.92. The van der Waals surface area contributed by atoms with Gasteiger partial charge >= 0.3 is 0 Å². The van der Waals surface area contributed by atoms with Gasteiger partial charge in [0, 0.05) is 31.9 Å². The molecule has 0 aromatic carbocycles. The topological polar surface area (TPSA) is 104 Å². The molecule has 9 heteroatoms. The molecule has 0 saturated carbocycles. The van der Waals surface area contributed by atoms with E-state index in [-0.39, 0.29) is 6.10 Å². The number of nitrogens with zero attached hydrogens (tertiary/aromatic N) is 5. The van der Waals surface area contributed by atoms with Crippen LogP contribution in [0.4, 0.5) is 5.82 Å². The summed E-state index contributed by atoms with van der Waals surface area (Å²) in [7, 11) is 0. The molecule has 5 rings (SSSR count). The fourth-order valence-corrected chi connectivity index (χ4v) is 3.60. The Hall–Kier alpha value is -3.17. The number of imidazole rings is 1. The summed E-state index contributed by atoms with van der Waals surface area (Å²) < 4.78 is 19.1. The second-order valence-corrected chi connectivity index (χ2v) is 7.01. The minimum Gasteiger partial charge on any atom is -0.475 e. The molecule has 1 aliphatic heterocycles. The monoisotopic (exact) mass is 394 g/mol. The van der Waals surface area contributed by atoms with Crippen LogP contribution in [-0.4, -0.2) is 58.5 Å². The van der Waals surface area contributed by atoms with Gasteiger partial charge in [-0.05, 0) is 25.1 Å². The van der Waals surface area contributed by atoms with Crippen LogP contribution in [0.2, 0.25) is 0 Å². The largest absolute Gasteiger partial charge is 0.475 e. The molecule has 4 aromatic heterocycles. The van der Waals surface area contributed by atoms with Crippen LogP contribution in [0.3, 0.4) is 0 Å². The SMILES string of the molecule is CC1CN(c2nccc3oc(-c4cnc5ccc(OCCN)nn45)cc23)CCO1. The minimum atomic E-state index is 0.169. The first-order valence-corrected chi connectivity index (χ1v) is 9.66. The van der Waals surface area contributed by atoms with Gasteiger partial charge in [-0.25, -0.2) is 14.5 Å². The number of rotatable bonds is 5. The van der Waals surface area contributed by atoms with Crippen LogP contribution in [0, 0.1) is 0 Å². The van der Waals surface area contributed by atoms with Crippen molar-refractivity contribution in [2.45, 2.75) is 13.0 Å². The molecular weight excluding hydrogens is 372 g/mol. The van der Waals surface area contributed by atoms with Gasteiger partial charge < -0.3 is 24.5 Å². The van der Waals surface area contributed by atoms with Crippen LogP contribution in [0.25, 0.3) is 28.1 Å². The Bertz CT molecular complexity index is 1150. The van der Waals surface area contributed by atoms with E-state index in [0.29, 0.717) is 37.0 Å². The lowest BCUT2D eigenvalue weighted by Gasteiger charge is -2.32. The zero-order chi connectivity index (χ0) is 19.8. The van der Waals surface area contributed by atoms with Crippen molar-refractivity contribution in [2.75, 3.05) is 37.7 Å². The molecule has 2 N–H and O–H groups in total. The lowest BCUT2D eigenvalue weighted by Crippen LogP contribution is -2.41. The molecule has 1 aliphatic rings. The zero-order valence-electron chi connectivity index (χ0n) is 16.1. The van der Waals surface area contributed by atoms with E-state index in [1.807, 2.05) is 18.2 Å². The lowest BCUT2D eigenvalue weighted by atomic mass is 10.2. The molecule has 0 radical (unpaired) electrons. The van der Waals surface area contributed by atoms with Crippen LogP contribution in [-0.2, 0) is 4.74 Å². The molecule has 0 aliphatic carbocycles. The fraction of sp³-hybridized carbons (Fsp3) is 0.350. The maximum atomic E-state index is 6.14. The van der Waals surface area contributed by atoms with E-state index in [1.54, 1.807) is 23.0 Å². The third-order valence-corrected chi connectivity index (χ3v) is 4.92. The van der Waals surface area contributed by atoms with E-state index in [0.717, 1.165) is 35.6 Å². The summed E-state index contributed by atoms with van der Waals surface area (Å²) in [5.74, 6) is 2.07. The van der Waals surface area contributed by atoms with Gasteiger partial charge in [0.05, 0.1) is 24.3 Å². The Morgan fingerprint density at radius 2 is 2.21 bits per heavy atom. The number of ether oxygens (including phenoxy) is 2. The summed E-state index contributed by atoms with van der Waals surface area (Å²) in [6.07, 6.45) is 3.69. The van der Waals surface area contributed by atoms with Crippen LogP contribution in [0.5, 0.6) is 5.88 Å². The van der Waals surface area contributed by atoms with Crippen LogP contribution < -0.4 is 15.4 Å². The third kappa shape index (κ3) is 3.28. The predicted octanol–water partition coefficient (Wildman–Crippen LogP) is 2.10. The van der Waals surface area contributed by atoms with Crippen molar-refractivity contribution in [3.63, 3.8) is 0 Å². The Kier molecular flexibility index (Phi) is 4.53. The predicted molar refractivity (Wildman–Crippen MR) is 108 cm³/mol. The van der Waals surface area contributed by atoms with Crippen LogP contribution in [0.15, 0.2) is 41.1 Å². The summed E-state index contributed by atoms with van der Waals surface area (Å²) in [6.45, 7) is 5.19. The first-order valence-electron chi connectivity index (χ1n) is 9.66. The van der Waals surface area contributed by atoms with Gasteiger partial charge in [0.1, 0.15) is 23.7 Å². The highest BCUT2D eigenvalue weighted by molar-refractivity contribution is 5.92. The van der Waals surface area contributed by atoms with Crippen molar-refractivity contribution < 1.29 is 13.9 Å². The van der Waals surface area contributed by atoms with E-state index in [1.165, 1.54) is 0 Å². The number of aromatic nitrogens is 4. The van der Waals surface area contributed by atoms with E-state index < -0.39 is 0 Å². The number of furan rings is 1. The maximum absolute atomic E-state index is 6.14. The van der Waals surface area contributed by atoms with Gasteiger partial charge in [-0.3, -0.25) is 0 Å². The van der Waals surface area contributed by atoms with E-state index in [9.17, 15) is 0 Å². The number of morpholine rings is 1. The molecule has 0 bridgehead atoms. The second-order valence-electron chi connectivity index (χ2n) is 7.01. The summed E-state index contributed by atoms with van der Waals surface area (Å²) in [5.41, 5.74) is 7.74. The number of nitrogens with two attached hydrogens (primary N) is 1. The lowest BCUT2D eigenvalue weighted by molar-refractivity contribution is 0.0530. The maximum Gasteiger partial charge on any atom is 0.231 e. The molecule has 4 aromatic rings. The van der Waals surface area contributed by atoms with Crippen molar-refractivity contribution in [3.8, 4) is 17.3 Å². The summed E-state index contributed by atoms with van der Waals surface area (Å²) in [5, 5.41) is 5.48. The van der Waals surface area contributed by atoms with Crippen LogP contribution in [0.1, 0.15) is 6.92 Å². The minimum absolute atomic E-state index is 0.169. The molecule has 0 spiro atoms. The quantitative estimate of drug-likeness (QED) is 0.549. The summed E-state index contributed by atoms with van der Waals surface area (Å²) in [6, 6.07) is 7.50. The van der Waals surface area contributed by atoms with Gasteiger partial charge in [0.25, 0.3) is 0 Å². The highest BCUT2D eigenvalue weighted by Gasteiger charge is 2.22. The molecule has 5 heterocycles. The van der Waals surface area contributed by atoms with E-state index >= 15 is 0 Å². The number of anilines is 1. The highest BCUT2D eigenvalue weighted by Crippen LogP contribution is 2.33. The normalized spacial score (nSPS) is 17.3. The number of pyridine rings is 1. The molecule has 1 unspecified atom stereocenters. The van der Waals surface area contributed by atoms with Crippen molar-refractivity contribution in [2.24, 2.45) is 5.73 Å². The van der Waals surface area contributed by atoms with Crippen molar-refractivity contribution in [1.82, 2.24) is 19.6 Å². The standard InChI is InChI=1S/C20H22N6O3/c1-13-12-25(7-9-27-13)20-14-10-17(29-16(14)4-6-22-20)15-11-23-18-2-3-19(24-26(15)18)28-8-5-21/h2-4,6,10-11,13H,5,7-9,12,21H2,1H3. The van der Waals surface area contributed by atoms with Crippen molar-refractivity contribution >= 4 is 22.4 Å². The molecular formula is C20H22N6O3. The molecule has 150 valence electrons. The molecule has 1 saturated heterocycles. The molecule has 0 amide bonds. The Labute approximate surface area is 167 Å². The smallest absolute Gasteiger partial charge is 0.231 e. The highest BCUT2D eigenvalue weighted by atomic mass is 16.5. The first kappa shape index (κ1) is 17.9. The van der Waals surface area contributed by atoms with Gasteiger partial charge in [-0.2, -0.15) is 0 Å². The Morgan fingerprint density at radius 1 is 1.28 bits per heavy atom. The number of hydrogen-bond donors (Lipinski definition) is 1. The van der Waals surface area contributed by atoms with E-state index in [4.69, 9.17) is 19.6 Å². The summed E-state index contributed by atoms with van der Waals surface area (Å²) >= 11 is 0. The van der Waals surface area contributed by atoms with Gasteiger partial charge in [-0.15, -0.1) is 5.10 Å². The summed E-state index contributed by atoms with van der Waals surface area (Å²) in [4.78, 5) is 11.3. The molecule has 1 fully saturated rings. The van der Waals surface area contributed by atoms with Gasteiger partial charge in [-0.1, -0.05) is 0 Å². The number of fused-ring (bicyclic) bond motifs is 2. The Morgan fingerprint density at radius 3 is 3.07 bits per heavy atom.